The van der Waals surface area contributed by atoms with Gasteiger partial charge in [0.15, 0.2) is 5.78 Å². The number of hydrogen-bond acceptors (Lipinski definition) is 13. The molecule has 0 spiro atoms. The highest BCUT2D eigenvalue weighted by Crippen LogP contribution is 2.38. The number of amides is 1. The van der Waals surface area contributed by atoms with Crippen LogP contribution in [0, 0.1) is 35.5 Å². The number of cyclic esters (lactones) is 1. The summed E-state index contributed by atoms with van der Waals surface area (Å²) in [5.74, 6) is -7.86. The summed E-state index contributed by atoms with van der Waals surface area (Å²) in [6, 6.07) is -1.14. The van der Waals surface area contributed by atoms with Crippen LogP contribution >= 0.6 is 0 Å². The van der Waals surface area contributed by atoms with E-state index in [4.69, 9.17) is 23.7 Å². The molecule has 66 heavy (non-hydrogen) atoms. The summed E-state index contributed by atoms with van der Waals surface area (Å²) in [5.41, 5.74) is 1.29. The summed E-state index contributed by atoms with van der Waals surface area (Å²) in [5, 5.41) is 34.0. The van der Waals surface area contributed by atoms with Crippen molar-refractivity contribution in [2.24, 2.45) is 35.5 Å². The zero-order valence-electron chi connectivity index (χ0n) is 41.3. The van der Waals surface area contributed by atoms with Crippen LogP contribution in [0.25, 0.3) is 0 Å². The molecule has 3 N–H and O–H groups in total. The first kappa shape index (κ1) is 55.2. The molecule has 3 fully saturated rings. The molecule has 0 radical (unpaired) electrons. The summed E-state index contributed by atoms with van der Waals surface area (Å²) in [4.78, 5) is 72.2. The molecule has 2 saturated heterocycles. The lowest BCUT2D eigenvalue weighted by molar-refractivity contribution is -0.265. The zero-order valence-corrected chi connectivity index (χ0v) is 41.3. The van der Waals surface area contributed by atoms with Crippen molar-refractivity contribution in [3.63, 3.8) is 0 Å². The number of aliphatic hydroxyl groups is 3. The van der Waals surface area contributed by atoms with Crippen LogP contribution in [0.15, 0.2) is 47.6 Å². The molecular formula is C52H81NO13. The zero-order chi connectivity index (χ0) is 48.9. The fourth-order valence-electron chi connectivity index (χ4n) is 10.4. The number of fused-ring (bicyclic) bond motifs is 3. The number of allylic oxidation sites excluding steroid dienone is 6. The van der Waals surface area contributed by atoms with Gasteiger partial charge in [0.05, 0.1) is 24.4 Å². The number of esters is 1. The van der Waals surface area contributed by atoms with E-state index < -0.39 is 83.9 Å². The Morgan fingerprint density at radius 1 is 0.864 bits per heavy atom. The monoisotopic (exact) mass is 928 g/mol. The summed E-state index contributed by atoms with van der Waals surface area (Å²) in [6.45, 7) is 12.9. The molecule has 2 bridgehead atoms. The Morgan fingerprint density at radius 3 is 2.26 bits per heavy atom. The number of piperidine rings is 1. The first-order valence-electron chi connectivity index (χ1n) is 24.5. The van der Waals surface area contributed by atoms with Crippen molar-refractivity contribution in [2.75, 3.05) is 27.9 Å². The number of rotatable bonds is 7. The number of carbonyl (C=O) groups excluding carboxylic acids is 5. The van der Waals surface area contributed by atoms with Gasteiger partial charge in [-0.25, -0.2) is 4.79 Å². The van der Waals surface area contributed by atoms with Gasteiger partial charge in [0.25, 0.3) is 11.7 Å². The standard InChI is InChI=1S/C52H81NO13/c1-11-38-27-35(6)47(57)48(64-10)46(56)34(5)25-31(2)17-13-12-14-18-32(3)43(62-8)29-39-22-20-36(7)52(61,66-39)49(58)50(59)53-24-16-15-19-40(53)51(60)65-44(30-42(38)55)33(4)26-37-21-23-41(54)45(28-37)63-9/h12-14,17-18,27,31,33-34,36-41,43-45,47-48,54,57,61H,11,15-16,19-26,28-30H2,1-10H3/b14-12+,17-13+,32-18+,35-27+/t31-,33-,34-,36-,37+,38-,39+,40+,41-,43+,44+,45-,47-,48+,52-/m1/s1. The van der Waals surface area contributed by atoms with Crippen molar-refractivity contribution in [1.29, 1.82) is 0 Å². The largest absolute Gasteiger partial charge is 0.460 e. The summed E-state index contributed by atoms with van der Waals surface area (Å²) in [6.07, 6.45) is 11.6. The molecule has 0 aromatic rings. The molecule has 4 rings (SSSR count). The average Bonchev–Trinajstić information content (AvgIpc) is 3.30. The molecule has 4 aliphatic rings. The maximum Gasteiger partial charge on any atom is 0.329 e. The highest BCUT2D eigenvalue weighted by atomic mass is 16.6. The highest BCUT2D eigenvalue weighted by Gasteiger charge is 2.53. The number of ether oxygens (including phenoxy) is 5. The molecule has 0 unspecified atom stereocenters. The van der Waals surface area contributed by atoms with Gasteiger partial charge in [-0.1, -0.05) is 71.1 Å². The first-order chi connectivity index (χ1) is 31.3. The summed E-state index contributed by atoms with van der Waals surface area (Å²) >= 11 is 0. The van der Waals surface area contributed by atoms with Crippen molar-refractivity contribution in [3.8, 4) is 0 Å². The number of nitrogens with zero attached hydrogens (tertiary/aromatic N) is 1. The van der Waals surface area contributed by atoms with Crippen molar-refractivity contribution in [3.05, 3.63) is 47.6 Å². The molecule has 1 amide bonds. The first-order valence-corrected chi connectivity index (χ1v) is 24.5. The predicted octanol–water partition coefficient (Wildman–Crippen LogP) is 6.57. The Bertz CT molecular complexity index is 1770. The molecule has 1 saturated carbocycles. The second-order valence-corrected chi connectivity index (χ2v) is 19.8. The van der Waals surface area contributed by atoms with Crippen molar-refractivity contribution in [2.45, 2.75) is 186 Å². The van der Waals surface area contributed by atoms with E-state index in [1.807, 2.05) is 65.0 Å². The number of hydrogen-bond donors (Lipinski definition) is 3. The lowest BCUT2D eigenvalue weighted by Crippen LogP contribution is -2.61. The second kappa shape index (κ2) is 25.8. The van der Waals surface area contributed by atoms with Crippen molar-refractivity contribution >= 4 is 29.2 Å². The maximum atomic E-state index is 14.4. The van der Waals surface area contributed by atoms with Crippen molar-refractivity contribution < 1.29 is 63.0 Å². The third kappa shape index (κ3) is 14.3. The fraction of sp³-hybridized carbons (Fsp3) is 0.750. The Hall–Kier alpha value is -3.37. The minimum atomic E-state index is -2.43. The van der Waals surface area contributed by atoms with E-state index in [-0.39, 0.29) is 54.8 Å². The van der Waals surface area contributed by atoms with Crippen molar-refractivity contribution in [1.82, 2.24) is 4.90 Å². The maximum absolute atomic E-state index is 14.4. The van der Waals surface area contributed by atoms with E-state index in [9.17, 15) is 39.3 Å². The fourth-order valence-corrected chi connectivity index (χ4v) is 10.4. The van der Waals surface area contributed by atoms with E-state index in [0.717, 1.165) is 12.0 Å². The minimum Gasteiger partial charge on any atom is -0.460 e. The lowest BCUT2D eigenvalue weighted by Gasteiger charge is -2.42. The van der Waals surface area contributed by atoms with Gasteiger partial charge in [-0.3, -0.25) is 19.2 Å². The molecule has 0 aromatic heterocycles. The molecule has 15 atom stereocenters. The molecule has 0 aromatic carbocycles. The molecule has 14 nitrogen and oxygen atoms in total. The van der Waals surface area contributed by atoms with E-state index in [1.54, 1.807) is 34.1 Å². The van der Waals surface area contributed by atoms with Gasteiger partial charge in [-0.05, 0) is 113 Å². The second-order valence-electron chi connectivity index (χ2n) is 19.8. The number of ketones is 3. The molecule has 1 aliphatic carbocycles. The Balaban J connectivity index is 1.72. The van der Waals surface area contributed by atoms with Crippen LogP contribution in [0.5, 0.6) is 0 Å². The third-order valence-corrected chi connectivity index (χ3v) is 14.8. The van der Waals surface area contributed by atoms with Gasteiger partial charge in [-0.2, -0.15) is 0 Å². The van der Waals surface area contributed by atoms with Gasteiger partial charge >= 0.3 is 5.97 Å². The molecule has 3 heterocycles. The third-order valence-electron chi connectivity index (χ3n) is 14.8. The van der Waals surface area contributed by atoms with Gasteiger partial charge in [0.2, 0.25) is 5.79 Å². The summed E-state index contributed by atoms with van der Waals surface area (Å²) in [7, 11) is 4.53. The Morgan fingerprint density at radius 2 is 1.59 bits per heavy atom. The van der Waals surface area contributed by atoms with Crippen LogP contribution in [0.4, 0.5) is 0 Å². The van der Waals surface area contributed by atoms with Crippen LogP contribution in [0.3, 0.4) is 0 Å². The molecular weight excluding hydrogens is 847 g/mol. The van der Waals surface area contributed by atoms with E-state index in [2.05, 4.69) is 0 Å². The van der Waals surface area contributed by atoms with Crippen LogP contribution in [0.2, 0.25) is 0 Å². The quantitative estimate of drug-likeness (QED) is 0.141. The van der Waals surface area contributed by atoms with Crippen LogP contribution in [-0.4, -0.2) is 132 Å². The number of carbonyl (C=O) groups is 5. The highest BCUT2D eigenvalue weighted by molar-refractivity contribution is 6.39. The lowest BCUT2D eigenvalue weighted by atomic mass is 9.78. The predicted molar refractivity (Wildman–Crippen MR) is 250 cm³/mol. The van der Waals surface area contributed by atoms with Crippen LogP contribution in [0.1, 0.15) is 132 Å². The number of aliphatic hydroxyl groups excluding tert-OH is 2. The number of methoxy groups -OCH3 is 3. The van der Waals surface area contributed by atoms with Crippen LogP contribution < -0.4 is 0 Å². The van der Waals surface area contributed by atoms with Gasteiger partial charge in [0.1, 0.15) is 30.1 Å². The summed E-state index contributed by atoms with van der Waals surface area (Å²) < 4.78 is 29.5. The van der Waals surface area contributed by atoms with Gasteiger partial charge in [0, 0.05) is 58.5 Å². The molecule has 372 valence electrons. The normalized spacial score (nSPS) is 40.0. The minimum absolute atomic E-state index is 0.0188. The topological polar surface area (TPSA) is 195 Å². The molecule has 3 aliphatic heterocycles. The smallest absolute Gasteiger partial charge is 0.329 e. The van der Waals surface area contributed by atoms with E-state index >= 15 is 0 Å². The van der Waals surface area contributed by atoms with Gasteiger partial charge in [-0.15, -0.1) is 0 Å². The van der Waals surface area contributed by atoms with E-state index in [1.165, 1.54) is 12.0 Å². The van der Waals surface area contributed by atoms with E-state index in [0.29, 0.717) is 69.8 Å². The average molecular weight is 928 g/mol. The van der Waals surface area contributed by atoms with Crippen LogP contribution in [-0.2, 0) is 47.7 Å². The Labute approximate surface area is 393 Å². The SMILES string of the molecule is CC[C@@H]1/C=C(\C)[C@@H](O)[C@@H](OC)C(=O)[C@H](C)C[C@H](C)/C=C/C=C/C=C(\C)[C@@H](OC)C[C@@H]2CC[C@@H](C)[C@@](O)(O2)C(=O)C(=O)N2CCCC[C@H]2C(=O)O[C@H]([C@H](C)C[C@@H]2CC[C@@H](O)[C@H](OC)C2)CC1=O. The molecule has 14 heteroatoms. The number of Topliss-reactive ketones (excluding diaryl/α,β-unsaturated/α-hetero) is 3. The van der Waals surface area contributed by atoms with Gasteiger partial charge < -0.3 is 43.9 Å². The Kier molecular flexibility index (Phi) is 21.6.